The highest BCUT2D eigenvalue weighted by Gasteiger charge is 2.26. The van der Waals surface area contributed by atoms with Gasteiger partial charge in [0.1, 0.15) is 18.0 Å². The average molecular weight is 526 g/mol. The molecule has 2 atom stereocenters. The number of carbonyl (C=O) groups excluding carboxylic acids is 1. The Kier molecular flexibility index (Phi) is 8.74. The third kappa shape index (κ3) is 6.13. The second-order valence-corrected chi connectivity index (χ2v) is 9.11. The summed E-state index contributed by atoms with van der Waals surface area (Å²) in [5.74, 6) is 0.818. The Labute approximate surface area is 219 Å². The van der Waals surface area contributed by atoms with Crippen LogP contribution in [-0.2, 0) is 22.4 Å². The normalized spacial score (nSPS) is 12.9. The van der Waals surface area contributed by atoms with Crippen LogP contribution in [0.3, 0.4) is 0 Å². The number of halogens is 1. The SMILES string of the molecule is CCCCc1nc(Cl)c([C@H](Cc2ccc(-c3ccccc3)c(-c3nn[nH]n3)c2)OC(=O)[C@H](N)CS)[nH]1. The van der Waals surface area contributed by atoms with E-state index >= 15 is 0 Å². The monoisotopic (exact) mass is 525 g/mol. The number of nitrogens with zero attached hydrogens (tertiary/aromatic N) is 4. The zero-order chi connectivity index (χ0) is 25.5. The highest BCUT2D eigenvalue weighted by molar-refractivity contribution is 7.80. The van der Waals surface area contributed by atoms with Crippen LogP contribution >= 0.6 is 24.2 Å². The summed E-state index contributed by atoms with van der Waals surface area (Å²) in [5, 5.41) is 14.9. The number of aromatic amines is 2. The molecule has 0 saturated heterocycles. The fourth-order valence-electron chi connectivity index (χ4n) is 3.86. The molecule has 0 fully saturated rings. The average Bonchev–Trinajstić information content (AvgIpc) is 3.57. The minimum atomic E-state index is -0.854. The van der Waals surface area contributed by atoms with E-state index in [1.54, 1.807) is 0 Å². The van der Waals surface area contributed by atoms with E-state index in [1.165, 1.54) is 0 Å². The van der Waals surface area contributed by atoms with Gasteiger partial charge in [0.05, 0.1) is 5.69 Å². The number of H-pyrrole nitrogens is 2. The minimum absolute atomic E-state index is 0.164. The Balaban J connectivity index is 1.70. The van der Waals surface area contributed by atoms with E-state index in [-0.39, 0.29) is 10.9 Å². The summed E-state index contributed by atoms with van der Waals surface area (Å²) in [7, 11) is 0. The van der Waals surface area contributed by atoms with E-state index < -0.39 is 18.1 Å². The number of hydrogen-bond acceptors (Lipinski definition) is 8. The lowest BCUT2D eigenvalue weighted by Gasteiger charge is -2.20. The number of aryl methyl sites for hydroxylation is 1. The highest BCUT2D eigenvalue weighted by atomic mass is 35.5. The van der Waals surface area contributed by atoms with Crippen LogP contribution in [0.5, 0.6) is 0 Å². The summed E-state index contributed by atoms with van der Waals surface area (Å²) in [6.45, 7) is 2.11. The van der Waals surface area contributed by atoms with Gasteiger partial charge in [0.25, 0.3) is 0 Å². The van der Waals surface area contributed by atoms with Crippen LogP contribution < -0.4 is 5.73 Å². The van der Waals surface area contributed by atoms with Crippen molar-refractivity contribution in [1.29, 1.82) is 0 Å². The number of thiol groups is 1. The fourth-order valence-corrected chi connectivity index (χ4v) is 4.28. The van der Waals surface area contributed by atoms with Gasteiger partial charge in [-0.15, -0.1) is 10.2 Å². The van der Waals surface area contributed by atoms with Gasteiger partial charge < -0.3 is 15.5 Å². The zero-order valence-corrected chi connectivity index (χ0v) is 21.5. The maximum absolute atomic E-state index is 12.6. The molecule has 9 nitrogen and oxygen atoms in total. The third-order valence-corrected chi connectivity index (χ3v) is 6.44. The van der Waals surface area contributed by atoms with E-state index in [2.05, 4.69) is 50.1 Å². The van der Waals surface area contributed by atoms with Gasteiger partial charge in [-0.05, 0) is 34.4 Å². The maximum Gasteiger partial charge on any atom is 0.324 e. The van der Waals surface area contributed by atoms with Gasteiger partial charge >= 0.3 is 5.97 Å². The molecule has 11 heteroatoms. The van der Waals surface area contributed by atoms with Crippen molar-refractivity contribution in [3.05, 3.63) is 70.8 Å². The molecule has 0 aliphatic rings. The Hall–Kier alpha value is -3.21. The molecule has 0 radical (unpaired) electrons. The lowest BCUT2D eigenvalue weighted by Crippen LogP contribution is -2.35. The van der Waals surface area contributed by atoms with Gasteiger partial charge in [-0.1, -0.05) is 67.4 Å². The molecule has 4 N–H and O–H groups in total. The van der Waals surface area contributed by atoms with Crippen LogP contribution in [0.25, 0.3) is 22.5 Å². The molecule has 2 aromatic heterocycles. The summed E-state index contributed by atoms with van der Waals surface area (Å²) in [6, 6.07) is 15.0. The number of tetrazole rings is 1. The molecule has 4 rings (SSSR count). The molecule has 2 aromatic carbocycles. The standard InChI is InChI=1S/C25H28ClN7O2S/c1-2-3-9-21-28-22(23(26)29-21)20(35-25(34)19(27)14-36)13-15-10-11-17(16-7-5-4-6-8-16)18(12-15)24-30-32-33-31-24/h4-8,10-12,19-20,36H,2-3,9,13-14,27H2,1H3,(H,28,29)(H,30,31,32,33)/t19-,20+/m1/s1. The van der Waals surface area contributed by atoms with Crippen LogP contribution in [0.2, 0.25) is 5.15 Å². The van der Waals surface area contributed by atoms with E-state index in [0.717, 1.165) is 47.3 Å². The predicted octanol–water partition coefficient (Wildman–Crippen LogP) is 4.34. The first-order valence-corrected chi connectivity index (χ1v) is 12.7. The Morgan fingerprint density at radius 2 is 2.00 bits per heavy atom. The Bertz CT molecular complexity index is 1280. The van der Waals surface area contributed by atoms with Gasteiger partial charge in [-0.25, -0.2) is 4.98 Å². The van der Waals surface area contributed by atoms with Gasteiger partial charge in [0, 0.05) is 24.2 Å². The highest BCUT2D eigenvalue weighted by Crippen LogP contribution is 2.34. The number of carbonyl (C=O) groups is 1. The molecule has 0 aliphatic heterocycles. The van der Waals surface area contributed by atoms with Crippen LogP contribution in [0.1, 0.15) is 43.0 Å². The number of benzene rings is 2. The second-order valence-electron chi connectivity index (χ2n) is 8.39. The number of nitrogens with two attached hydrogens (primary N) is 1. The third-order valence-electron chi connectivity index (χ3n) is 5.76. The van der Waals surface area contributed by atoms with Crippen molar-refractivity contribution < 1.29 is 9.53 Å². The molecule has 0 saturated carbocycles. The van der Waals surface area contributed by atoms with E-state index in [9.17, 15) is 4.79 Å². The van der Waals surface area contributed by atoms with Crippen molar-refractivity contribution >= 4 is 30.2 Å². The van der Waals surface area contributed by atoms with Crippen molar-refractivity contribution in [3.63, 3.8) is 0 Å². The molecule has 0 unspecified atom stereocenters. The predicted molar refractivity (Wildman–Crippen MR) is 142 cm³/mol. The number of esters is 1. The first-order valence-electron chi connectivity index (χ1n) is 11.7. The topological polar surface area (TPSA) is 135 Å². The smallest absolute Gasteiger partial charge is 0.324 e. The van der Waals surface area contributed by atoms with Gasteiger partial charge in [0.15, 0.2) is 5.15 Å². The molecule has 0 aliphatic carbocycles. The lowest BCUT2D eigenvalue weighted by atomic mass is 9.95. The zero-order valence-electron chi connectivity index (χ0n) is 19.8. The number of ether oxygens (including phenoxy) is 1. The molecule has 188 valence electrons. The summed E-state index contributed by atoms with van der Waals surface area (Å²) in [5.41, 5.74) is 10.1. The van der Waals surface area contributed by atoms with Crippen molar-refractivity contribution in [1.82, 2.24) is 30.6 Å². The summed E-state index contributed by atoms with van der Waals surface area (Å²) in [4.78, 5) is 20.3. The molecule has 4 aromatic rings. The van der Waals surface area contributed by atoms with E-state index in [1.807, 2.05) is 48.5 Å². The number of aromatic nitrogens is 6. The molecule has 2 heterocycles. The molecule has 36 heavy (non-hydrogen) atoms. The molecule has 0 bridgehead atoms. The molecule has 0 amide bonds. The van der Waals surface area contributed by atoms with Crippen molar-refractivity contribution in [2.45, 2.75) is 44.8 Å². The number of nitrogens with one attached hydrogen (secondary N) is 2. The quantitative estimate of drug-likeness (QED) is 0.169. The molecule has 0 spiro atoms. The van der Waals surface area contributed by atoms with E-state index in [4.69, 9.17) is 22.1 Å². The van der Waals surface area contributed by atoms with Crippen LogP contribution in [0.15, 0.2) is 48.5 Å². The Morgan fingerprint density at radius 1 is 1.19 bits per heavy atom. The summed E-state index contributed by atoms with van der Waals surface area (Å²) >= 11 is 10.6. The molecular weight excluding hydrogens is 498 g/mol. The maximum atomic E-state index is 12.6. The number of rotatable bonds is 11. The minimum Gasteiger partial charge on any atom is -0.454 e. The van der Waals surface area contributed by atoms with Crippen LogP contribution in [0, 0.1) is 0 Å². The van der Waals surface area contributed by atoms with Crippen LogP contribution in [-0.4, -0.2) is 48.4 Å². The Morgan fingerprint density at radius 3 is 2.69 bits per heavy atom. The van der Waals surface area contributed by atoms with Gasteiger partial charge in [0.2, 0.25) is 5.82 Å². The number of unbranched alkanes of at least 4 members (excludes halogenated alkanes) is 1. The fraction of sp³-hybridized carbons (Fsp3) is 0.320. The lowest BCUT2D eigenvalue weighted by molar-refractivity contribution is -0.150. The van der Waals surface area contributed by atoms with E-state index in [0.29, 0.717) is 17.9 Å². The van der Waals surface area contributed by atoms with Crippen molar-refractivity contribution in [2.75, 3.05) is 5.75 Å². The van der Waals surface area contributed by atoms with Crippen molar-refractivity contribution in [2.24, 2.45) is 5.73 Å². The van der Waals surface area contributed by atoms with Crippen LogP contribution in [0.4, 0.5) is 0 Å². The number of hydrogen-bond donors (Lipinski definition) is 4. The number of imidazole rings is 1. The first kappa shape index (κ1) is 25.9. The second kappa shape index (κ2) is 12.2. The summed E-state index contributed by atoms with van der Waals surface area (Å²) in [6.07, 6.45) is 2.35. The first-order chi connectivity index (χ1) is 17.5. The summed E-state index contributed by atoms with van der Waals surface area (Å²) < 4.78 is 5.82. The largest absolute Gasteiger partial charge is 0.454 e. The van der Waals surface area contributed by atoms with Gasteiger partial charge in [-0.2, -0.15) is 17.8 Å². The molecular formula is C25H28ClN7O2S. The van der Waals surface area contributed by atoms with Gasteiger partial charge in [-0.3, -0.25) is 4.79 Å². The van der Waals surface area contributed by atoms with Crippen molar-refractivity contribution in [3.8, 4) is 22.5 Å².